The minimum Gasteiger partial charge on any atom is -0.378 e. The standard InChI is InChI=1S/C36H31N3O/c1-24-13-15-28-30(26-9-5-3-6-10-26)23-33(37-31(28)21-24)35-34(27-11-7-4-8-12-27)29-16-14-25(2)22-32(29)38-36(35)39-17-19-40-20-18-39/h3-16,21-23H,17-20H2,1-2H3. The maximum Gasteiger partial charge on any atom is 0.139 e. The minimum absolute atomic E-state index is 0.688. The zero-order valence-electron chi connectivity index (χ0n) is 22.9. The van der Waals surface area contributed by atoms with Crippen molar-refractivity contribution in [1.29, 1.82) is 0 Å². The van der Waals surface area contributed by atoms with Gasteiger partial charge in [-0.05, 0) is 59.9 Å². The number of aryl methyl sites for hydroxylation is 2. The van der Waals surface area contributed by atoms with E-state index in [1.54, 1.807) is 0 Å². The second-order valence-corrected chi connectivity index (χ2v) is 10.6. The lowest BCUT2D eigenvalue weighted by Gasteiger charge is -2.31. The van der Waals surface area contributed by atoms with Gasteiger partial charge in [0.2, 0.25) is 0 Å². The van der Waals surface area contributed by atoms with E-state index in [1.807, 2.05) is 0 Å². The Morgan fingerprint density at radius 3 is 1.88 bits per heavy atom. The van der Waals surface area contributed by atoms with Crippen LogP contribution in [-0.4, -0.2) is 36.3 Å². The van der Waals surface area contributed by atoms with Crippen molar-refractivity contribution in [1.82, 2.24) is 9.97 Å². The molecule has 0 N–H and O–H groups in total. The summed E-state index contributed by atoms with van der Waals surface area (Å²) in [4.78, 5) is 13.1. The van der Waals surface area contributed by atoms with Crippen LogP contribution in [0.3, 0.4) is 0 Å². The second kappa shape index (κ2) is 10.2. The molecule has 2 aromatic heterocycles. The summed E-state index contributed by atoms with van der Waals surface area (Å²) in [6.07, 6.45) is 0. The Labute approximate surface area is 234 Å². The Balaban J connectivity index is 1.62. The van der Waals surface area contributed by atoms with Gasteiger partial charge >= 0.3 is 0 Å². The van der Waals surface area contributed by atoms with Crippen LogP contribution in [0.2, 0.25) is 0 Å². The second-order valence-electron chi connectivity index (χ2n) is 10.6. The quantitative estimate of drug-likeness (QED) is 0.234. The number of fused-ring (bicyclic) bond motifs is 2. The lowest BCUT2D eigenvalue weighted by atomic mass is 9.91. The van der Waals surface area contributed by atoms with Gasteiger partial charge in [0.25, 0.3) is 0 Å². The van der Waals surface area contributed by atoms with Crippen LogP contribution in [0.25, 0.3) is 55.3 Å². The molecule has 1 aliphatic heterocycles. The Kier molecular flexibility index (Phi) is 6.26. The van der Waals surface area contributed by atoms with Crippen molar-refractivity contribution >= 4 is 27.6 Å². The van der Waals surface area contributed by atoms with Crippen LogP contribution in [0.1, 0.15) is 11.1 Å². The van der Waals surface area contributed by atoms with E-state index < -0.39 is 0 Å². The van der Waals surface area contributed by atoms with Gasteiger partial charge < -0.3 is 9.64 Å². The number of hydrogen-bond acceptors (Lipinski definition) is 4. The molecule has 0 bridgehead atoms. The molecule has 196 valence electrons. The summed E-state index contributed by atoms with van der Waals surface area (Å²) in [5.74, 6) is 0.971. The highest BCUT2D eigenvalue weighted by atomic mass is 16.5. The molecule has 0 radical (unpaired) electrons. The van der Waals surface area contributed by atoms with E-state index >= 15 is 0 Å². The molecule has 1 aliphatic rings. The average molecular weight is 522 g/mol. The molecule has 40 heavy (non-hydrogen) atoms. The lowest BCUT2D eigenvalue weighted by molar-refractivity contribution is 0.122. The third-order valence-electron chi connectivity index (χ3n) is 7.80. The summed E-state index contributed by atoms with van der Waals surface area (Å²) in [6.45, 7) is 7.23. The van der Waals surface area contributed by atoms with Gasteiger partial charge in [0.1, 0.15) is 5.82 Å². The first-order chi connectivity index (χ1) is 19.7. The third kappa shape index (κ3) is 4.41. The van der Waals surface area contributed by atoms with Crippen LogP contribution in [0.15, 0.2) is 103 Å². The van der Waals surface area contributed by atoms with Gasteiger partial charge in [-0.3, -0.25) is 0 Å². The van der Waals surface area contributed by atoms with E-state index in [2.05, 4.69) is 122 Å². The van der Waals surface area contributed by atoms with Gasteiger partial charge in [-0.15, -0.1) is 0 Å². The summed E-state index contributed by atoms with van der Waals surface area (Å²) >= 11 is 0. The minimum atomic E-state index is 0.688. The monoisotopic (exact) mass is 521 g/mol. The fraction of sp³-hybridized carbons (Fsp3) is 0.167. The number of rotatable bonds is 4. The van der Waals surface area contributed by atoms with Crippen molar-refractivity contribution in [3.63, 3.8) is 0 Å². The summed E-state index contributed by atoms with van der Waals surface area (Å²) in [5, 5.41) is 2.29. The van der Waals surface area contributed by atoms with Crippen molar-refractivity contribution < 1.29 is 4.74 Å². The summed E-state index contributed by atoms with van der Waals surface area (Å²) in [7, 11) is 0. The SMILES string of the molecule is Cc1ccc2c(-c3ccccc3)cc(-c3c(N4CCOCC4)nc4cc(C)ccc4c3-c3ccccc3)nc2c1. The average Bonchev–Trinajstić information content (AvgIpc) is 3.00. The first-order valence-corrected chi connectivity index (χ1v) is 14.0. The van der Waals surface area contributed by atoms with Crippen molar-refractivity contribution in [2.24, 2.45) is 0 Å². The molecule has 0 unspecified atom stereocenters. The number of pyridine rings is 2. The summed E-state index contributed by atoms with van der Waals surface area (Å²) < 4.78 is 5.75. The first-order valence-electron chi connectivity index (χ1n) is 14.0. The Morgan fingerprint density at radius 1 is 0.600 bits per heavy atom. The number of morpholine rings is 1. The molecule has 4 heteroatoms. The number of nitrogens with zero attached hydrogens (tertiary/aromatic N) is 3. The topological polar surface area (TPSA) is 38.2 Å². The molecule has 0 saturated carbocycles. The Morgan fingerprint density at radius 2 is 1.20 bits per heavy atom. The molecule has 4 nitrogen and oxygen atoms in total. The molecule has 1 fully saturated rings. The van der Waals surface area contributed by atoms with Crippen molar-refractivity contribution in [2.75, 3.05) is 31.2 Å². The Hall–Kier alpha value is -4.54. The largest absolute Gasteiger partial charge is 0.378 e. The summed E-state index contributed by atoms with van der Waals surface area (Å²) in [5.41, 5.74) is 11.1. The number of ether oxygens (including phenoxy) is 1. The number of anilines is 1. The lowest BCUT2D eigenvalue weighted by Crippen LogP contribution is -2.37. The Bertz CT molecular complexity index is 1840. The van der Waals surface area contributed by atoms with E-state index in [0.29, 0.717) is 13.2 Å². The van der Waals surface area contributed by atoms with E-state index in [1.165, 1.54) is 27.8 Å². The van der Waals surface area contributed by atoms with Crippen LogP contribution in [0.5, 0.6) is 0 Å². The number of aromatic nitrogens is 2. The van der Waals surface area contributed by atoms with Gasteiger partial charge in [0.05, 0.1) is 35.5 Å². The number of benzene rings is 4. The van der Waals surface area contributed by atoms with Crippen LogP contribution in [-0.2, 0) is 4.74 Å². The molecule has 0 atom stereocenters. The van der Waals surface area contributed by atoms with E-state index in [9.17, 15) is 0 Å². The van der Waals surface area contributed by atoms with Crippen molar-refractivity contribution in [3.8, 4) is 33.5 Å². The zero-order valence-corrected chi connectivity index (χ0v) is 22.9. The van der Waals surface area contributed by atoms with E-state index in [0.717, 1.165) is 57.5 Å². The van der Waals surface area contributed by atoms with Crippen molar-refractivity contribution in [3.05, 3.63) is 114 Å². The molecule has 0 aliphatic carbocycles. The van der Waals surface area contributed by atoms with Crippen LogP contribution >= 0.6 is 0 Å². The van der Waals surface area contributed by atoms with Crippen molar-refractivity contribution in [2.45, 2.75) is 13.8 Å². The smallest absolute Gasteiger partial charge is 0.139 e. The molecular formula is C36H31N3O. The first kappa shape index (κ1) is 24.5. The molecule has 1 saturated heterocycles. The molecule has 3 heterocycles. The van der Waals surface area contributed by atoms with Gasteiger partial charge in [-0.1, -0.05) is 84.9 Å². The van der Waals surface area contributed by atoms with E-state index in [-0.39, 0.29) is 0 Å². The molecular weight excluding hydrogens is 490 g/mol. The molecule has 7 rings (SSSR count). The van der Waals surface area contributed by atoms with Gasteiger partial charge in [-0.2, -0.15) is 0 Å². The molecule has 0 spiro atoms. The predicted octanol–water partition coefficient (Wildman–Crippen LogP) is 8.24. The number of hydrogen-bond donors (Lipinski definition) is 0. The highest BCUT2D eigenvalue weighted by molar-refractivity contribution is 6.07. The summed E-state index contributed by atoms with van der Waals surface area (Å²) in [6, 6.07) is 36.8. The zero-order chi connectivity index (χ0) is 27.1. The molecule has 0 amide bonds. The van der Waals surface area contributed by atoms with Crippen LogP contribution in [0.4, 0.5) is 5.82 Å². The van der Waals surface area contributed by atoms with Gasteiger partial charge in [-0.25, -0.2) is 9.97 Å². The maximum absolute atomic E-state index is 5.75. The third-order valence-corrected chi connectivity index (χ3v) is 7.80. The fourth-order valence-electron chi connectivity index (χ4n) is 5.84. The fourth-order valence-corrected chi connectivity index (χ4v) is 5.84. The normalized spacial score (nSPS) is 13.7. The maximum atomic E-state index is 5.75. The molecule has 6 aromatic rings. The highest BCUT2D eigenvalue weighted by Gasteiger charge is 2.25. The van der Waals surface area contributed by atoms with E-state index in [4.69, 9.17) is 14.7 Å². The van der Waals surface area contributed by atoms with Crippen LogP contribution in [0, 0.1) is 13.8 Å². The highest BCUT2D eigenvalue weighted by Crippen LogP contribution is 2.44. The van der Waals surface area contributed by atoms with Gasteiger partial charge in [0.15, 0.2) is 0 Å². The van der Waals surface area contributed by atoms with Gasteiger partial charge in [0, 0.05) is 29.4 Å². The molecule has 4 aromatic carbocycles. The van der Waals surface area contributed by atoms with Crippen LogP contribution < -0.4 is 4.90 Å². The predicted molar refractivity (Wildman–Crippen MR) is 166 cm³/mol.